The van der Waals surface area contributed by atoms with E-state index >= 15 is 0 Å². The van der Waals surface area contributed by atoms with Gasteiger partial charge in [-0.1, -0.05) is 48.5 Å². The average Bonchev–Trinajstić information content (AvgIpc) is 3.44. The van der Waals surface area contributed by atoms with Crippen LogP contribution in [0.15, 0.2) is 60.0 Å². The van der Waals surface area contributed by atoms with Crippen LogP contribution < -0.4 is 11.1 Å². The zero-order valence-electron chi connectivity index (χ0n) is 17.3. The van der Waals surface area contributed by atoms with Gasteiger partial charge in [-0.2, -0.15) is 0 Å². The van der Waals surface area contributed by atoms with Gasteiger partial charge in [-0.3, -0.25) is 9.59 Å². The zero-order chi connectivity index (χ0) is 20.9. The van der Waals surface area contributed by atoms with Crippen LogP contribution in [0.2, 0.25) is 0 Å². The molecular weight excluding hydrogens is 430 g/mol. The minimum absolute atomic E-state index is 0. The minimum atomic E-state index is -0.701. The molecule has 1 aromatic heterocycles. The maximum Gasteiger partial charge on any atom is 0.245 e. The number of amides is 2. The van der Waals surface area contributed by atoms with Crippen molar-refractivity contribution in [2.24, 2.45) is 5.73 Å². The van der Waals surface area contributed by atoms with Gasteiger partial charge in [0.25, 0.3) is 0 Å². The Bertz CT molecular complexity index is 1020. The van der Waals surface area contributed by atoms with E-state index in [1.165, 1.54) is 4.70 Å². The van der Waals surface area contributed by atoms with Crippen LogP contribution in [0.25, 0.3) is 10.1 Å². The fourth-order valence-corrected chi connectivity index (χ4v) is 4.98. The molecule has 3 aromatic rings. The number of hydrogen-bond donors (Lipinski definition) is 2. The maximum absolute atomic E-state index is 13.1. The highest BCUT2D eigenvalue weighted by molar-refractivity contribution is 7.17. The summed E-state index contributed by atoms with van der Waals surface area (Å²) in [6.07, 6.45) is 2.95. The van der Waals surface area contributed by atoms with Crippen LogP contribution in [-0.2, 0) is 22.4 Å². The van der Waals surface area contributed by atoms with Crippen LogP contribution in [-0.4, -0.2) is 41.9 Å². The molecule has 164 valence electrons. The van der Waals surface area contributed by atoms with Gasteiger partial charge in [0.05, 0.1) is 6.04 Å². The largest absolute Gasteiger partial charge is 0.343 e. The monoisotopic (exact) mass is 457 g/mol. The van der Waals surface area contributed by atoms with Gasteiger partial charge in [0.15, 0.2) is 0 Å². The van der Waals surface area contributed by atoms with Crippen molar-refractivity contribution in [3.05, 3.63) is 71.1 Å². The topological polar surface area (TPSA) is 75.4 Å². The van der Waals surface area contributed by atoms with Gasteiger partial charge < -0.3 is 16.0 Å². The number of benzene rings is 2. The molecule has 2 aromatic carbocycles. The molecule has 0 bridgehead atoms. The molecule has 1 fully saturated rings. The molecule has 0 spiro atoms. The highest BCUT2D eigenvalue weighted by atomic mass is 35.5. The van der Waals surface area contributed by atoms with Gasteiger partial charge >= 0.3 is 0 Å². The summed E-state index contributed by atoms with van der Waals surface area (Å²) in [5.74, 6) is -0.295. The van der Waals surface area contributed by atoms with Crippen molar-refractivity contribution in [2.75, 3.05) is 13.1 Å². The van der Waals surface area contributed by atoms with Gasteiger partial charge in [-0.05, 0) is 47.2 Å². The van der Waals surface area contributed by atoms with E-state index in [9.17, 15) is 9.59 Å². The Balaban J connectivity index is 0.00000272. The van der Waals surface area contributed by atoms with Crippen LogP contribution in [0.1, 0.15) is 24.0 Å². The van der Waals surface area contributed by atoms with Crippen molar-refractivity contribution >= 4 is 45.6 Å². The second-order valence-electron chi connectivity index (χ2n) is 7.85. The molecule has 4 rings (SSSR count). The number of thiophene rings is 1. The molecule has 2 atom stereocenters. The first-order valence-corrected chi connectivity index (χ1v) is 11.3. The number of halogens is 1. The van der Waals surface area contributed by atoms with Crippen LogP contribution in [0.4, 0.5) is 0 Å². The lowest BCUT2D eigenvalue weighted by atomic mass is 10.0. The first-order valence-electron chi connectivity index (χ1n) is 10.5. The lowest BCUT2D eigenvalue weighted by Crippen LogP contribution is -2.53. The third-order valence-corrected chi connectivity index (χ3v) is 6.67. The maximum atomic E-state index is 13.1. The number of nitrogens with two attached hydrogens (primary N) is 1. The molecule has 1 saturated heterocycles. The molecule has 3 N–H and O–H groups in total. The van der Waals surface area contributed by atoms with Crippen LogP contribution in [0.5, 0.6) is 0 Å². The van der Waals surface area contributed by atoms with E-state index < -0.39 is 12.1 Å². The molecule has 31 heavy (non-hydrogen) atoms. The number of fused-ring (bicyclic) bond motifs is 1. The normalized spacial score (nSPS) is 15.3. The van der Waals surface area contributed by atoms with Crippen molar-refractivity contribution in [3.8, 4) is 0 Å². The Morgan fingerprint density at radius 2 is 1.68 bits per heavy atom. The average molecular weight is 458 g/mol. The van der Waals surface area contributed by atoms with Crippen molar-refractivity contribution in [1.29, 1.82) is 0 Å². The second kappa shape index (κ2) is 10.8. The van der Waals surface area contributed by atoms with E-state index in [4.69, 9.17) is 5.73 Å². The van der Waals surface area contributed by atoms with Crippen LogP contribution in [0.3, 0.4) is 0 Å². The zero-order valence-corrected chi connectivity index (χ0v) is 19.0. The van der Waals surface area contributed by atoms with E-state index in [1.54, 1.807) is 11.3 Å². The number of likely N-dealkylation sites (tertiary alicyclic amines) is 1. The Kier molecular flexibility index (Phi) is 8.07. The van der Waals surface area contributed by atoms with Gasteiger partial charge in [-0.25, -0.2) is 0 Å². The Morgan fingerprint density at radius 3 is 2.42 bits per heavy atom. The number of rotatable bonds is 7. The summed E-state index contributed by atoms with van der Waals surface area (Å²) in [5.41, 5.74) is 8.36. The number of carbonyl (C=O) groups is 2. The summed E-state index contributed by atoms with van der Waals surface area (Å²) in [6, 6.07) is 16.6. The molecule has 1 aliphatic rings. The van der Waals surface area contributed by atoms with E-state index in [1.807, 2.05) is 47.4 Å². The first kappa shape index (κ1) is 23.3. The van der Waals surface area contributed by atoms with Gasteiger partial charge in [-0.15, -0.1) is 23.7 Å². The summed E-state index contributed by atoms with van der Waals surface area (Å²) in [4.78, 5) is 27.8. The smallest absolute Gasteiger partial charge is 0.245 e. The molecule has 0 aliphatic carbocycles. The summed E-state index contributed by atoms with van der Waals surface area (Å²) >= 11 is 1.66. The molecule has 1 unspecified atom stereocenters. The SMILES string of the molecule is Cl.NC(Cc1csc2ccccc12)C(=O)N[C@@H](Cc1ccccc1)C(=O)N1CCCC1. The summed E-state index contributed by atoms with van der Waals surface area (Å²) in [6.45, 7) is 1.51. The third kappa shape index (κ3) is 5.64. The van der Waals surface area contributed by atoms with Crippen LogP contribution in [0, 0.1) is 0 Å². The molecular formula is C24H28ClN3O2S. The molecule has 0 radical (unpaired) electrons. The number of hydrogen-bond acceptors (Lipinski definition) is 4. The Morgan fingerprint density at radius 1 is 1.00 bits per heavy atom. The van der Waals surface area contributed by atoms with E-state index in [2.05, 4.69) is 22.8 Å². The van der Waals surface area contributed by atoms with Gasteiger partial charge in [0.2, 0.25) is 11.8 Å². The lowest BCUT2D eigenvalue weighted by molar-refractivity contribution is -0.135. The van der Waals surface area contributed by atoms with Gasteiger partial charge in [0, 0.05) is 24.2 Å². The number of nitrogens with zero attached hydrogens (tertiary/aromatic N) is 1. The predicted octanol–water partition coefficient (Wildman–Crippen LogP) is 3.54. The van der Waals surface area contributed by atoms with Crippen molar-refractivity contribution in [3.63, 3.8) is 0 Å². The quantitative estimate of drug-likeness (QED) is 0.569. The number of nitrogens with one attached hydrogen (secondary N) is 1. The Labute approximate surface area is 193 Å². The van der Waals surface area contributed by atoms with E-state index in [0.717, 1.165) is 42.4 Å². The van der Waals surface area contributed by atoms with E-state index in [-0.39, 0.29) is 24.2 Å². The molecule has 7 heteroatoms. The first-order chi connectivity index (χ1) is 14.6. The van der Waals surface area contributed by atoms with Crippen molar-refractivity contribution in [2.45, 2.75) is 37.8 Å². The predicted molar refractivity (Wildman–Crippen MR) is 129 cm³/mol. The second-order valence-corrected chi connectivity index (χ2v) is 8.76. The minimum Gasteiger partial charge on any atom is -0.343 e. The van der Waals surface area contributed by atoms with Gasteiger partial charge in [0.1, 0.15) is 6.04 Å². The third-order valence-electron chi connectivity index (χ3n) is 5.65. The Hall–Kier alpha value is -2.41. The van der Waals surface area contributed by atoms with Crippen molar-refractivity contribution in [1.82, 2.24) is 10.2 Å². The van der Waals surface area contributed by atoms with E-state index in [0.29, 0.717) is 12.8 Å². The highest BCUT2D eigenvalue weighted by Crippen LogP contribution is 2.26. The number of carbonyl (C=O) groups excluding carboxylic acids is 2. The van der Waals surface area contributed by atoms with Crippen LogP contribution >= 0.6 is 23.7 Å². The summed E-state index contributed by atoms with van der Waals surface area (Å²) < 4.78 is 1.19. The molecule has 2 amide bonds. The molecule has 1 aliphatic heterocycles. The summed E-state index contributed by atoms with van der Waals surface area (Å²) in [7, 11) is 0. The summed E-state index contributed by atoms with van der Waals surface area (Å²) in [5, 5.41) is 6.15. The fourth-order valence-electron chi connectivity index (χ4n) is 4.01. The highest BCUT2D eigenvalue weighted by Gasteiger charge is 2.29. The molecule has 5 nitrogen and oxygen atoms in total. The molecule has 2 heterocycles. The lowest BCUT2D eigenvalue weighted by Gasteiger charge is -2.25. The fraction of sp³-hybridized carbons (Fsp3) is 0.333. The van der Waals surface area contributed by atoms with Crippen molar-refractivity contribution < 1.29 is 9.59 Å². The standard InChI is InChI=1S/C24H27N3O2S.ClH/c25-20(15-18-16-30-22-11-5-4-10-19(18)22)23(28)26-21(14-17-8-2-1-3-9-17)24(29)27-12-6-7-13-27;/h1-5,8-11,16,20-21H,6-7,12-15,25H2,(H,26,28);1H/t20?,21-;/m0./s1. The molecule has 0 saturated carbocycles.